The smallest absolute Gasteiger partial charge is 0.122 e. The van der Waals surface area contributed by atoms with Gasteiger partial charge in [0.2, 0.25) is 0 Å². The molecule has 5 nitrogen and oxygen atoms in total. The minimum absolute atomic E-state index is 0.278. The van der Waals surface area contributed by atoms with Crippen LogP contribution in [0.1, 0.15) is 19.4 Å². The maximum atomic E-state index is 10.6. The highest BCUT2D eigenvalue weighted by Crippen LogP contribution is 2.36. The van der Waals surface area contributed by atoms with E-state index < -0.39 is 0 Å². The zero-order chi connectivity index (χ0) is 22.0. The van der Waals surface area contributed by atoms with Crippen molar-refractivity contribution in [3.63, 3.8) is 0 Å². The van der Waals surface area contributed by atoms with Gasteiger partial charge < -0.3 is 15.2 Å². The third kappa shape index (κ3) is 4.38. The summed E-state index contributed by atoms with van der Waals surface area (Å²) >= 11 is 6.22. The van der Waals surface area contributed by atoms with Gasteiger partial charge in [-0.05, 0) is 55.6 Å². The summed E-state index contributed by atoms with van der Waals surface area (Å²) in [5.74, 6) is 1.03. The number of hydrogen-bond donors (Lipinski definition) is 2. The molecule has 0 saturated carbocycles. The SMILES string of the molecule is CCN(CC)Cc1ccc(Nc2c3ccc(Cl)cc3nc3ccc(OC)cc23)cc1O. The van der Waals surface area contributed by atoms with Crippen LogP contribution in [0.15, 0.2) is 54.6 Å². The average Bonchev–Trinajstić information content (AvgIpc) is 2.78. The van der Waals surface area contributed by atoms with E-state index in [9.17, 15) is 5.11 Å². The van der Waals surface area contributed by atoms with E-state index in [-0.39, 0.29) is 5.75 Å². The number of fused-ring (bicyclic) bond motifs is 2. The van der Waals surface area contributed by atoms with Gasteiger partial charge in [0.25, 0.3) is 0 Å². The number of nitrogens with zero attached hydrogens (tertiary/aromatic N) is 2. The number of anilines is 2. The molecule has 0 saturated heterocycles. The van der Waals surface area contributed by atoms with Crippen LogP contribution in [0.4, 0.5) is 11.4 Å². The number of ether oxygens (including phenoxy) is 1. The van der Waals surface area contributed by atoms with Crippen molar-refractivity contribution in [2.45, 2.75) is 20.4 Å². The highest BCUT2D eigenvalue weighted by molar-refractivity contribution is 6.31. The van der Waals surface area contributed by atoms with Crippen LogP contribution in [0.5, 0.6) is 11.5 Å². The maximum Gasteiger partial charge on any atom is 0.122 e. The summed E-state index contributed by atoms with van der Waals surface area (Å²) in [6.45, 7) is 6.84. The molecule has 31 heavy (non-hydrogen) atoms. The number of aromatic hydroxyl groups is 1. The second-order valence-corrected chi connectivity index (χ2v) is 7.90. The lowest BCUT2D eigenvalue weighted by atomic mass is 10.1. The Labute approximate surface area is 187 Å². The van der Waals surface area contributed by atoms with Gasteiger partial charge in [-0.15, -0.1) is 0 Å². The molecule has 4 aromatic rings. The van der Waals surface area contributed by atoms with Crippen molar-refractivity contribution in [3.8, 4) is 11.5 Å². The van der Waals surface area contributed by atoms with Crippen molar-refractivity contribution in [1.82, 2.24) is 9.88 Å². The molecule has 0 aliphatic rings. The molecule has 1 heterocycles. The monoisotopic (exact) mass is 435 g/mol. The maximum absolute atomic E-state index is 10.6. The predicted octanol–water partition coefficient (Wildman–Crippen LogP) is 6.34. The van der Waals surface area contributed by atoms with Crippen molar-refractivity contribution in [2.24, 2.45) is 0 Å². The first-order valence-electron chi connectivity index (χ1n) is 10.4. The Morgan fingerprint density at radius 3 is 2.48 bits per heavy atom. The van der Waals surface area contributed by atoms with Crippen LogP contribution in [0, 0.1) is 0 Å². The standard InChI is InChI=1S/C25H26ClN3O2/c1-4-29(5-2)15-16-6-8-18(13-24(16)30)27-25-20-10-7-17(26)12-23(20)28-22-11-9-19(31-3)14-21(22)25/h6-14,30H,4-5,15H2,1-3H3,(H,27,28). The molecule has 0 spiro atoms. The zero-order valence-electron chi connectivity index (χ0n) is 17.9. The van der Waals surface area contributed by atoms with Crippen LogP contribution in [0.25, 0.3) is 21.8 Å². The summed E-state index contributed by atoms with van der Waals surface area (Å²) in [5, 5.41) is 16.6. The molecule has 0 radical (unpaired) electrons. The summed E-state index contributed by atoms with van der Waals surface area (Å²) in [6.07, 6.45) is 0. The Balaban J connectivity index is 1.80. The molecule has 0 aliphatic heterocycles. The van der Waals surface area contributed by atoms with Crippen LogP contribution in [0.3, 0.4) is 0 Å². The van der Waals surface area contributed by atoms with Crippen LogP contribution in [0.2, 0.25) is 5.02 Å². The van der Waals surface area contributed by atoms with E-state index in [1.807, 2.05) is 48.5 Å². The summed E-state index contributed by atoms with van der Waals surface area (Å²) < 4.78 is 5.43. The topological polar surface area (TPSA) is 57.6 Å². The molecule has 0 aliphatic carbocycles. The molecule has 1 aromatic heterocycles. The Bertz CT molecular complexity index is 1240. The van der Waals surface area contributed by atoms with E-state index in [0.717, 1.165) is 64.1 Å². The van der Waals surface area contributed by atoms with Gasteiger partial charge in [-0.1, -0.05) is 31.5 Å². The molecule has 0 atom stereocenters. The van der Waals surface area contributed by atoms with Gasteiger partial charge in [0, 0.05) is 39.7 Å². The van der Waals surface area contributed by atoms with Gasteiger partial charge >= 0.3 is 0 Å². The van der Waals surface area contributed by atoms with Gasteiger partial charge in [-0.3, -0.25) is 4.90 Å². The van der Waals surface area contributed by atoms with E-state index in [4.69, 9.17) is 21.3 Å². The van der Waals surface area contributed by atoms with Crippen LogP contribution < -0.4 is 10.1 Å². The summed E-state index contributed by atoms with van der Waals surface area (Å²) in [7, 11) is 1.65. The van der Waals surface area contributed by atoms with Gasteiger partial charge in [0.15, 0.2) is 0 Å². The second-order valence-electron chi connectivity index (χ2n) is 7.46. The molecular weight excluding hydrogens is 410 g/mol. The first-order valence-corrected chi connectivity index (χ1v) is 10.8. The highest BCUT2D eigenvalue weighted by Gasteiger charge is 2.13. The number of phenolic OH excluding ortho intramolecular Hbond substituents is 1. The minimum Gasteiger partial charge on any atom is -0.508 e. The fraction of sp³-hybridized carbons (Fsp3) is 0.240. The number of halogens is 1. The van der Waals surface area contributed by atoms with E-state index in [0.29, 0.717) is 5.02 Å². The van der Waals surface area contributed by atoms with E-state index in [1.165, 1.54) is 0 Å². The van der Waals surface area contributed by atoms with Crippen molar-refractivity contribution < 1.29 is 9.84 Å². The van der Waals surface area contributed by atoms with Crippen molar-refractivity contribution in [2.75, 3.05) is 25.5 Å². The summed E-state index contributed by atoms with van der Waals surface area (Å²) in [6, 6.07) is 17.2. The summed E-state index contributed by atoms with van der Waals surface area (Å²) in [4.78, 5) is 7.03. The number of methoxy groups -OCH3 is 1. The first-order chi connectivity index (χ1) is 15.0. The van der Waals surface area contributed by atoms with Crippen molar-refractivity contribution >= 4 is 44.8 Å². The molecule has 4 rings (SSSR count). The Morgan fingerprint density at radius 1 is 0.968 bits per heavy atom. The lowest BCUT2D eigenvalue weighted by Crippen LogP contribution is -2.22. The number of pyridine rings is 1. The lowest BCUT2D eigenvalue weighted by molar-refractivity contribution is 0.291. The van der Waals surface area contributed by atoms with Crippen LogP contribution in [-0.4, -0.2) is 35.2 Å². The molecule has 0 amide bonds. The van der Waals surface area contributed by atoms with E-state index in [2.05, 4.69) is 24.1 Å². The molecule has 0 unspecified atom stereocenters. The molecule has 6 heteroatoms. The molecule has 0 fully saturated rings. The fourth-order valence-electron chi connectivity index (χ4n) is 3.77. The largest absolute Gasteiger partial charge is 0.508 e. The van der Waals surface area contributed by atoms with Crippen molar-refractivity contribution in [3.05, 3.63) is 65.2 Å². The zero-order valence-corrected chi connectivity index (χ0v) is 18.7. The molecule has 160 valence electrons. The number of aromatic nitrogens is 1. The number of benzene rings is 3. The lowest BCUT2D eigenvalue weighted by Gasteiger charge is -2.19. The molecule has 3 aromatic carbocycles. The Morgan fingerprint density at radius 2 is 1.77 bits per heavy atom. The highest BCUT2D eigenvalue weighted by atomic mass is 35.5. The quantitative estimate of drug-likeness (QED) is 0.331. The van der Waals surface area contributed by atoms with E-state index in [1.54, 1.807) is 13.2 Å². The number of hydrogen-bond acceptors (Lipinski definition) is 5. The fourth-order valence-corrected chi connectivity index (χ4v) is 3.93. The summed E-state index contributed by atoms with van der Waals surface area (Å²) in [5.41, 5.74) is 4.24. The molecule has 0 bridgehead atoms. The third-order valence-corrected chi connectivity index (χ3v) is 5.82. The van der Waals surface area contributed by atoms with Crippen LogP contribution >= 0.6 is 11.6 Å². The normalized spacial score (nSPS) is 11.4. The molecule has 2 N–H and O–H groups in total. The third-order valence-electron chi connectivity index (χ3n) is 5.59. The Kier molecular flexibility index (Phi) is 6.16. The number of phenols is 1. The predicted molar refractivity (Wildman–Crippen MR) is 129 cm³/mol. The van der Waals surface area contributed by atoms with E-state index >= 15 is 0 Å². The van der Waals surface area contributed by atoms with Gasteiger partial charge in [-0.25, -0.2) is 4.98 Å². The van der Waals surface area contributed by atoms with Crippen LogP contribution in [-0.2, 0) is 6.54 Å². The average molecular weight is 436 g/mol. The van der Waals surface area contributed by atoms with Gasteiger partial charge in [-0.2, -0.15) is 0 Å². The number of rotatable bonds is 7. The minimum atomic E-state index is 0.278. The van der Waals surface area contributed by atoms with Gasteiger partial charge in [0.05, 0.1) is 23.8 Å². The first kappa shape index (κ1) is 21.2. The van der Waals surface area contributed by atoms with Gasteiger partial charge in [0.1, 0.15) is 11.5 Å². The second kappa shape index (κ2) is 9.00. The Hall–Kier alpha value is -3.02. The number of nitrogens with one attached hydrogen (secondary N) is 1. The van der Waals surface area contributed by atoms with Crippen molar-refractivity contribution in [1.29, 1.82) is 0 Å². The molecular formula is C25H26ClN3O2.